The largest absolute Gasteiger partial charge is 0.454 e. The molecule has 2 aliphatic rings. The van der Waals surface area contributed by atoms with Crippen LogP contribution in [0, 0.1) is 24.7 Å². The van der Waals surface area contributed by atoms with E-state index in [1.807, 2.05) is 93.6 Å². The molecular formula is C31H31ClO4. The number of ketones is 1. The van der Waals surface area contributed by atoms with Crippen LogP contribution in [0.2, 0.25) is 5.02 Å². The van der Waals surface area contributed by atoms with Crippen molar-refractivity contribution in [2.75, 3.05) is 0 Å². The van der Waals surface area contributed by atoms with Crippen LogP contribution in [0.25, 0.3) is 0 Å². The average Bonchev–Trinajstić information content (AvgIpc) is 3.26. The average molecular weight is 503 g/mol. The predicted molar refractivity (Wildman–Crippen MR) is 140 cm³/mol. The number of hydrogen-bond acceptors (Lipinski definition) is 4. The number of fused-ring (bicyclic) bond motifs is 3. The van der Waals surface area contributed by atoms with Gasteiger partial charge in [-0.3, -0.25) is 9.59 Å². The molecule has 3 aromatic rings. The highest BCUT2D eigenvalue weighted by atomic mass is 35.5. The van der Waals surface area contributed by atoms with Crippen LogP contribution in [0.1, 0.15) is 60.1 Å². The Hall–Kier alpha value is -2.95. The number of benzene rings is 3. The number of carbonyl (C=O) groups is 2. The van der Waals surface area contributed by atoms with Gasteiger partial charge in [-0.1, -0.05) is 85.3 Å². The number of Topliss-reactive ketones (excluding diaryl/α,β-unsaturated/α-hetero) is 1. The minimum absolute atomic E-state index is 0.0417. The molecule has 0 bridgehead atoms. The molecule has 6 atom stereocenters. The van der Waals surface area contributed by atoms with Crippen molar-refractivity contribution < 1.29 is 19.4 Å². The molecule has 36 heavy (non-hydrogen) atoms. The van der Waals surface area contributed by atoms with Gasteiger partial charge >= 0.3 is 5.97 Å². The lowest BCUT2D eigenvalue weighted by Crippen LogP contribution is -2.39. The minimum Gasteiger partial charge on any atom is -0.454 e. The number of aryl methyl sites for hydroxylation is 1. The summed E-state index contributed by atoms with van der Waals surface area (Å²) < 4.78 is 6.06. The van der Waals surface area contributed by atoms with Gasteiger partial charge in [-0.15, -0.1) is 0 Å². The van der Waals surface area contributed by atoms with Crippen LogP contribution in [-0.2, 0) is 26.3 Å². The highest BCUT2D eigenvalue weighted by Crippen LogP contribution is 2.60. The van der Waals surface area contributed by atoms with Gasteiger partial charge in [0.1, 0.15) is 11.4 Å². The molecular weight excluding hydrogens is 472 g/mol. The quantitative estimate of drug-likeness (QED) is 0.384. The zero-order valence-corrected chi connectivity index (χ0v) is 21.5. The van der Waals surface area contributed by atoms with E-state index in [-0.39, 0.29) is 18.1 Å². The van der Waals surface area contributed by atoms with Crippen molar-refractivity contribution in [3.63, 3.8) is 0 Å². The molecule has 1 N–H and O–H groups in total. The van der Waals surface area contributed by atoms with Crippen molar-refractivity contribution in [1.82, 2.24) is 0 Å². The monoisotopic (exact) mass is 502 g/mol. The maximum atomic E-state index is 14.2. The summed E-state index contributed by atoms with van der Waals surface area (Å²) in [4.78, 5) is 27.7. The first-order chi connectivity index (χ1) is 17.3. The first-order valence-electron chi connectivity index (χ1n) is 12.6. The highest BCUT2D eigenvalue weighted by molar-refractivity contribution is 6.31. The number of hydrogen-bond donors (Lipinski definition) is 1. The number of ether oxygens (including phenoxy) is 1. The Kier molecular flexibility index (Phi) is 6.52. The maximum Gasteiger partial charge on any atom is 0.311 e. The molecule has 0 aromatic heterocycles. The van der Waals surface area contributed by atoms with Gasteiger partial charge in [0.15, 0.2) is 0 Å². The van der Waals surface area contributed by atoms with Gasteiger partial charge in [-0.25, -0.2) is 0 Å². The lowest BCUT2D eigenvalue weighted by molar-refractivity contribution is -0.152. The van der Waals surface area contributed by atoms with Gasteiger partial charge in [-0.2, -0.15) is 0 Å². The van der Waals surface area contributed by atoms with Crippen LogP contribution >= 0.6 is 11.6 Å². The van der Waals surface area contributed by atoms with Crippen molar-refractivity contribution in [3.8, 4) is 0 Å². The van der Waals surface area contributed by atoms with Crippen molar-refractivity contribution >= 4 is 23.4 Å². The molecule has 4 nitrogen and oxygen atoms in total. The summed E-state index contributed by atoms with van der Waals surface area (Å²) >= 11 is 6.36. The van der Waals surface area contributed by atoms with Crippen LogP contribution in [0.5, 0.6) is 0 Å². The Morgan fingerprint density at radius 1 is 1.08 bits per heavy atom. The van der Waals surface area contributed by atoms with E-state index in [0.29, 0.717) is 11.4 Å². The predicted octanol–water partition coefficient (Wildman–Crippen LogP) is 6.32. The number of halogens is 1. The lowest BCUT2D eigenvalue weighted by Gasteiger charge is -2.33. The second kappa shape index (κ2) is 9.49. The molecule has 1 fully saturated rings. The van der Waals surface area contributed by atoms with Crippen LogP contribution in [0.3, 0.4) is 0 Å². The molecule has 5 rings (SSSR count). The standard InChI is InChI=1S/C31H31ClO4/c1-4-21(20-10-6-5-7-11-20)26(25(33)17-19-15-14-18(2)24(32)16-19)27-28-29(34)22-12-8-9-13-23(22)31(28,3)36-30(27)35/h5-16,21,26-29,34H,4,17H2,1-3H3. The van der Waals surface area contributed by atoms with E-state index >= 15 is 0 Å². The molecule has 5 heteroatoms. The fourth-order valence-corrected chi connectivity index (χ4v) is 6.68. The molecule has 0 radical (unpaired) electrons. The topological polar surface area (TPSA) is 63.6 Å². The molecule has 0 spiro atoms. The molecule has 186 valence electrons. The smallest absolute Gasteiger partial charge is 0.311 e. The van der Waals surface area contributed by atoms with Crippen LogP contribution in [-0.4, -0.2) is 16.9 Å². The molecule has 1 heterocycles. The van der Waals surface area contributed by atoms with Crippen LogP contribution in [0.4, 0.5) is 0 Å². The summed E-state index contributed by atoms with van der Waals surface area (Å²) in [6.07, 6.45) is -0.0599. The second-order valence-electron chi connectivity index (χ2n) is 10.3. The van der Waals surface area contributed by atoms with E-state index < -0.39 is 35.4 Å². The first-order valence-corrected chi connectivity index (χ1v) is 13.0. The van der Waals surface area contributed by atoms with E-state index in [1.165, 1.54) is 0 Å². The summed E-state index contributed by atoms with van der Waals surface area (Å²) in [5.41, 5.74) is 3.38. The molecule has 0 amide bonds. The fourth-order valence-electron chi connectivity index (χ4n) is 6.47. The van der Waals surface area contributed by atoms with Gasteiger partial charge in [0.05, 0.1) is 12.0 Å². The second-order valence-corrected chi connectivity index (χ2v) is 10.7. The number of aliphatic hydroxyl groups is 1. The van der Waals surface area contributed by atoms with Gasteiger partial charge in [0.25, 0.3) is 0 Å². The van der Waals surface area contributed by atoms with Gasteiger partial charge in [0, 0.05) is 28.8 Å². The Morgan fingerprint density at radius 2 is 1.78 bits per heavy atom. The van der Waals surface area contributed by atoms with Crippen molar-refractivity contribution in [1.29, 1.82) is 0 Å². The summed E-state index contributed by atoms with van der Waals surface area (Å²) in [6.45, 7) is 5.84. The van der Waals surface area contributed by atoms with Gasteiger partial charge in [-0.05, 0) is 54.5 Å². The molecule has 3 aromatic carbocycles. The summed E-state index contributed by atoms with van der Waals surface area (Å²) in [5.74, 6) is -2.62. The van der Waals surface area contributed by atoms with Crippen LogP contribution < -0.4 is 0 Å². The molecule has 1 saturated heterocycles. The van der Waals surface area contributed by atoms with Gasteiger partial charge < -0.3 is 9.84 Å². The lowest BCUT2D eigenvalue weighted by atomic mass is 9.66. The van der Waals surface area contributed by atoms with E-state index in [9.17, 15) is 14.7 Å². The number of rotatable bonds is 7. The number of aliphatic hydroxyl groups excluding tert-OH is 1. The molecule has 1 aliphatic carbocycles. The van der Waals surface area contributed by atoms with E-state index in [2.05, 4.69) is 0 Å². The fraction of sp³-hybridized carbons (Fsp3) is 0.355. The van der Waals surface area contributed by atoms with E-state index in [1.54, 1.807) is 0 Å². The molecule has 0 saturated carbocycles. The SMILES string of the molecule is CCC(c1ccccc1)C(C(=O)Cc1ccc(C)c(Cl)c1)C1C(=O)OC2(C)c3ccccc3C(O)C12. The van der Waals surface area contributed by atoms with Crippen molar-refractivity contribution in [2.24, 2.45) is 17.8 Å². The van der Waals surface area contributed by atoms with E-state index in [4.69, 9.17) is 16.3 Å². The first kappa shape index (κ1) is 24.7. The van der Waals surface area contributed by atoms with Gasteiger partial charge in [0.2, 0.25) is 0 Å². The highest BCUT2D eigenvalue weighted by Gasteiger charge is 2.64. The maximum absolute atomic E-state index is 14.2. The molecule has 6 unspecified atom stereocenters. The number of carbonyl (C=O) groups excluding carboxylic acids is 2. The Balaban J connectivity index is 1.59. The minimum atomic E-state index is -0.974. The summed E-state index contributed by atoms with van der Waals surface area (Å²) in [7, 11) is 0. The van der Waals surface area contributed by atoms with Crippen molar-refractivity contribution in [2.45, 2.75) is 51.2 Å². The zero-order valence-electron chi connectivity index (χ0n) is 20.8. The van der Waals surface area contributed by atoms with Crippen LogP contribution in [0.15, 0.2) is 72.8 Å². The van der Waals surface area contributed by atoms with E-state index in [0.717, 1.165) is 27.8 Å². The molecule has 1 aliphatic heterocycles. The van der Waals surface area contributed by atoms with Crippen molar-refractivity contribution in [3.05, 3.63) is 106 Å². The Bertz CT molecular complexity index is 1300. The third-order valence-corrected chi connectivity index (χ3v) is 8.64. The zero-order chi connectivity index (χ0) is 25.6. The third kappa shape index (κ3) is 3.97. The summed E-state index contributed by atoms with van der Waals surface area (Å²) in [5, 5.41) is 12.1. The number of esters is 1. The third-order valence-electron chi connectivity index (χ3n) is 8.24. The normalized spacial score (nSPS) is 26.1. The Labute approximate surface area is 217 Å². The summed E-state index contributed by atoms with van der Waals surface area (Å²) in [6, 6.07) is 23.1. The Morgan fingerprint density at radius 3 is 2.47 bits per heavy atom.